The second-order valence-corrected chi connectivity index (χ2v) is 7.65. The predicted octanol–water partition coefficient (Wildman–Crippen LogP) is 4.08. The van der Waals surface area contributed by atoms with Crippen LogP contribution in [0.4, 0.5) is 5.69 Å². The molecule has 0 saturated carbocycles. The Bertz CT molecular complexity index is 1000. The van der Waals surface area contributed by atoms with E-state index in [0.29, 0.717) is 13.1 Å². The number of amides is 2. The Balaban J connectivity index is 1.39. The standard InChI is InChI=1S/C24H25N3O2/c1-17-8-9-18(2)27(17)22-12-10-21(11-13-22)25-24(29)20-14-23(28)26(16-20)15-19-6-4-3-5-7-19/h3-13,20H,14-16H2,1-2H3,(H,25,29)/t20-/m0/s1. The Morgan fingerprint density at radius 2 is 1.62 bits per heavy atom. The van der Waals surface area contributed by atoms with Crippen molar-refractivity contribution in [3.63, 3.8) is 0 Å². The highest BCUT2D eigenvalue weighted by Gasteiger charge is 2.34. The maximum atomic E-state index is 12.7. The minimum atomic E-state index is -0.320. The highest BCUT2D eigenvalue weighted by atomic mass is 16.2. The number of hydrogen-bond donors (Lipinski definition) is 1. The molecule has 3 aromatic rings. The molecule has 4 rings (SSSR count). The summed E-state index contributed by atoms with van der Waals surface area (Å²) in [6, 6.07) is 21.8. The summed E-state index contributed by atoms with van der Waals surface area (Å²) in [6.45, 7) is 5.15. The molecule has 2 heterocycles. The largest absolute Gasteiger partial charge is 0.338 e. The molecule has 2 aromatic carbocycles. The number of hydrogen-bond acceptors (Lipinski definition) is 2. The number of nitrogens with zero attached hydrogens (tertiary/aromatic N) is 2. The molecule has 1 fully saturated rings. The number of benzene rings is 2. The first-order chi connectivity index (χ1) is 14.0. The number of nitrogens with one attached hydrogen (secondary N) is 1. The van der Waals surface area contributed by atoms with Crippen LogP contribution >= 0.6 is 0 Å². The second kappa shape index (κ2) is 7.95. The molecule has 1 saturated heterocycles. The molecule has 0 aliphatic carbocycles. The van der Waals surface area contributed by atoms with Gasteiger partial charge < -0.3 is 14.8 Å². The minimum Gasteiger partial charge on any atom is -0.338 e. The van der Waals surface area contributed by atoms with Crippen molar-refractivity contribution in [2.45, 2.75) is 26.8 Å². The van der Waals surface area contributed by atoms with E-state index in [1.165, 1.54) is 11.4 Å². The first-order valence-electron chi connectivity index (χ1n) is 9.89. The van der Waals surface area contributed by atoms with Gasteiger partial charge in [-0.1, -0.05) is 30.3 Å². The number of aryl methyl sites for hydroxylation is 2. The highest BCUT2D eigenvalue weighted by Crippen LogP contribution is 2.23. The van der Waals surface area contributed by atoms with Gasteiger partial charge in [-0.2, -0.15) is 0 Å². The number of aromatic nitrogens is 1. The van der Waals surface area contributed by atoms with Crippen molar-refractivity contribution < 1.29 is 9.59 Å². The summed E-state index contributed by atoms with van der Waals surface area (Å²) in [5, 5.41) is 2.96. The molecule has 1 atom stereocenters. The lowest BCUT2D eigenvalue weighted by molar-refractivity contribution is -0.128. The number of anilines is 1. The van der Waals surface area contributed by atoms with Gasteiger partial charge in [0.2, 0.25) is 11.8 Å². The van der Waals surface area contributed by atoms with Crippen molar-refractivity contribution in [2.75, 3.05) is 11.9 Å². The molecule has 1 N–H and O–H groups in total. The Hall–Kier alpha value is -3.34. The molecule has 5 heteroatoms. The number of carbonyl (C=O) groups excluding carboxylic acids is 2. The molecule has 0 radical (unpaired) electrons. The van der Waals surface area contributed by atoms with Gasteiger partial charge in [0.25, 0.3) is 0 Å². The van der Waals surface area contributed by atoms with Crippen LogP contribution in [0.5, 0.6) is 0 Å². The summed E-state index contributed by atoms with van der Waals surface area (Å²) in [4.78, 5) is 26.8. The van der Waals surface area contributed by atoms with Crippen molar-refractivity contribution in [1.82, 2.24) is 9.47 Å². The lowest BCUT2D eigenvalue weighted by atomic mass is 10.1. The Labute approximate surface area is 171 Å². The summed E-state index contributed by atoms with van der Waals surface area (Å²) in [6.07, 6.45) is 0.262. The van der Waals surface area contributed by atoms with Gasteiger partial charge in [-0.25, -0.2) is 0 Å². The van der Waals surface area contributed by atoms with E-state index in [2.05, 4.69) is 35.9 Å². The first-order valence-corrected chi connectivity index (χ1v) is 9.89. The fraction of sp³-hybridized carbons (Fsp3) is 0.250. The highest BCUT2D eigenvalue weighted by molar-refractivity contribution is 5.97. The van der Waals surface area contributed by atoms with E-state index in [9.17, 15) is 9.59 Å². The third-order valence-corrected chi connectivity index (χ3v) is 5.47. The topological polar surface area (TPSA) is 54.3 Å². The van der Waals surface area contributed by atoms with E-state index in [1.54, 1.807) is 4.90 Å². The fourth-order valence-electron chi connectivity index (χ4n) is 3.92. The molecule has 1 aliphatic heterocycles. The van der Waals surface area contributed by atoms with Crippen LogP contribution in [0.3, 0.4) is 0 Å². The summed E-state index contributed by atoms with van der Waals surface area (Å²) in [7, 11) is 0. The van der Waals surface area contributed by atoms with Gasteiger partial charge >= 0.3 is 0 Å². The normalized spacial score (nSPS) is 16.3. The van der Waals surface area contributed by atoms with Crippen molar-refractivity contribution in [2.24, 2.45) is 5.92 Å². The second-order valence-electron chi connectivity index (χ2n) is 7.65. The molecule has 0 bridgehead atoms. The molecule has 148 valence electrons. The average molecular weight is 387 g/mol. The fourth-order valence-corrected chi connectivity index (χ4v) is 3.92. The van der Waals surface area contributed by atoms with E-state index in [-0.39, 0.29) is 24.2 Å². The summed E-state index contributed by atoms with van der Waals surface area (Å²) in [5.41, 5.74) is 5.22. The summed E-state index contributed by atoms with van der Waals surface area (Å²) in [5.74, 6) is -0.391. The van der Waals surface area contributed by atoms with Crippen LogP contribution < -0.4 is 5.32 Å². The maximum Gasteiger partial charge on any atom is 0.229 e. The van der Waals surface area contributed by atoms with E-state index >= 15 is 0 Å². The van der Waals surface area contributed by atoms with Gasteiger partial charge in [0.1, 0.15) is 0 Å². The monoisotopic (exact) mass is 387 g/mol. The number of carbonyl (C=O) groups is 2. The van der Waals surface area contributed by atoms with Gasteiger partial charge in [0.05, 0.1) is 5.92 Å². The van der Waals surface area contributed by atoms with E-state index in [4.69, 9.17) is 0 Å². The zero-order chi connectivity index (χ0) is 20.4. The summed E-state index contributed by atoms with van der Waals surface area (Å²) < 4.78 is 2.17. The average Bonchev–Trinajstić information content (AvgIpc) is 3.25. The van der Waals surface area contributed by atoms with Crippen molar-refractivity contribution in [3.8, 4) is 5.69 Å². The van der Waals surface area contributed by atoms with Crippen LogP contribution in [0.1, 0.15) is 23.4 Å². The van der Waals surface area contributed by atoms with Crippen molar-refractivity contribution in [1.29, 1.82) is 0 Å². The van der Waals surface area contributed by atoms with Gasteiger partial charge in [-0.05, 0) is 55.8 Å². The third-order valence-electron chi connectivity index (χ3n) is 5.47. The lowest BCUT2D eigenvalue weighted by Gasteiger charge is -2.17. The Morgan fingerprint density at radius 1 is 0.966 bits per heavy atom. The zero-order valence-electron chi connectivity index (χ0n) is 16.8. The van der Waals surface area contributed by atoms with Crippen molar-refractivity contribution >= 4 is 17.5 Å². The Kier molecular flexibility index (Phi) is 5.21. The van der Waals surface area contributed by atoms with Gasteiger partial charge in [0.15, 0.2) is 0 Å². The minimum absolute atomic E-state index is 0.0305. The van der Waals surface area contributed by atoms with Crippen LogP contribution in [0, 0.1) is 19.8 Å². The number of rotatable bonds is 5. The van der Waals surface area contributed by atoms with Crippen LogP contribution in [-0.2, 0) is 16.1 Å². The first kappa shape index (κ1) is 19.0. The molecule has 0 spiro atoms. The molecule has 29 heavy (non-hydrogen) atoms. The van der Waals surface area contributed by atoms with Crippen molar-refractivity contribution in [3.05, 3.63) is 83.7 Å². The molecule has 1 aromatic heterocycles. The Morgan fingerprint density at radius 3 is 2.28 bits per heavy atom. The molecule has 2 amide bonds. The molecular formula is C24H25N3O2. The van der Waals surface area contributed by atoms with Gasteiger partial charge in [-0.3, -0.25) is 9.59 Å². The molecule has 1 aliphatic rings. The van der Waals surface area contributed by atoms with E-state index < -0.39 is 0 Å². The summed E-state index contributed by atoms with van der Waals surface area (Å²) >= 11 is 0. The molecule has 5 nitrogen and oxygen atoms in total. The SMILES string of the molecule is Cc1ccc(C)n1-c1ccc(NC(=O)[C@H]2CC(=O)N(Cc3ccccc3)C2)cc1. The maximum absolute atomic E-state index is 12.7. The zero-order valence-corrected chi connectivity index (χ0v) is 16.8. The van der Waals surface area contributed by atoms with Crippen LogP contribution in [-0.4, -0.2) is 27.8 Å². The smallest absolute Gasteiger partial charge is 0.229 e. The lowest BCUT2D eigenvalue weighted by Crippen LogP contribution is -2.28. The van der Waals surface area contributed by atoms with Gasteiger partial charge in [-0.15, -0.1) is 0 Å². The molecule has 0 unspecified atom stereocenters. The van der Waals surface area contributed by atoms with Gasteiger partial charge in [0, 0.05) is 42.3 Å². The molecular weight excluding hydrogens is 362 g/mol. The third kappa shape index (κ3) is 4.09. The van der Waals surface area contributed by atoms with Crippen LogP contribution in [0.2, 0.25) is 0 Å². The van der Waals surface area contributed by atoms with E-state index in [1.807, 2.05) is 54.6 Å². The quantitative estimate of drug-likeness (QED) is 0.717. The van der Waals surface area contributed by atoms with E-state index in [0.717, 1.165) is 16.9 Å². The predicted molar refractivity (Wildman–Crippen MR) is 114 cm³/mol. The number of likely N-dealkylation sites (tertiary alicyclic amines) is 1. The van der Waals surface area contributed by atoms with Crippen LogP contribution in [0.15, 0.2) is 66.7 Å². The van der Waals surface area contributed by atoms with Crippen LogP contribution in [0.25, 0.3) is 5.69 Å².